The van der Waals surface area contributed by atoms with Crippen molar-refractivity contribution in [3.05, 3.63) is 229 Å². The van der Waals surface area contributed by atoms with Crippen molar-refractivity contribution in [3.8, 4) is 44.8 Å². The van der Waals surface area contributed by atoms with Gasteiger partial charge in [-0.15, -0.1) is 0 Å². The van der Waals surface area contributed by atoms with Gasteiger partial charge in [-0.1, -0.05) is 140 Å². The Morgan fingerprint density at radius 2 is 0.684 bits per heavy atom. The highest BCUT2D eigenvalue weighted by molar-refractivity contribution is 6.14. The zero-order valence-electron chi connectivity index (χ0n) is 31.0. The highest BCUT2D eigenvalue weighted by Crippen LogP contribution is 2.63. The highest BCUT2D eigenvalue weighted by Gasteiger charge is 2.51. The standard InChI is InChI=1S/C55H34N2/c1-3-15-37(16-4-1)56-51-26-14-10-22-42(51)44-31-35(27-29-52(44)56)36-28-30-53-45(32-36)46-33-43-41-21-9-13-25-49(41)55(50(43)34-54(46)57(53)38-17-5-2-6-18-38)47-23-11-7-19-39(47)40-20-8-12-24-48(40)55/h1-34H. The van der Waals surface area contributed by atoms with Crippen molar-refractivity contribution in [3.63, 3.8) is 0 Å². The molecule has 0 amide bonds. The van der Waals surface area contributed by atoms with Crippen molar-refractivity contribution in [1.29, 1.82) is 0 Å². The molecule has 2 heteroatoms. The molecule has 0 saturated heterocycles. The molecule has 0 atom stereocenters. The minimum absolute atomic E-state index is 0.398. The summed E-state index contributed by atoms with van der Waals surface area (Å²) in [5, 5.41) is 5.04. The summed E-state index contributed by atoms with van der Waals surface area (Å²) in [5.74, 6) is 0. The van der Waals surface area contributed by atoms with Gasteiger partial charge >= 0.3 is 0 Å². The highest BCUT2D eigenvalue weighted by atomic mass is 15.0. The fourth-order valence-electron chi connectivity index (χ4n) is 10.6. The maximum Gasteiger partial charge on any atom is 0.0726 e. The molecule has 0 aliphatic heterocycles. The normalized spacial score (nSPS) is 13.4. The smallest absolute Gasteiger partial charge is 0.0726 e. The van der Waals surface area contributed by atoms with E-state index >= 15 is 0 Å². The molecule has 0 fully saturated rings. The van der Waals surface area contributed by atoms with Gasteiger partial charge in [-0.05, 0) is 122 Å². The van der Waals surface area contributed by atoms with Gasteiger partial charge in [-0.25, -0.2) is 0 Å². The molecular formula is C55H34N2. The summed E-state index contributed by atoms with van der Waals surface area (Å²) < 4.78 is 4.87. The summed E-state index contributed by atoms with van der Waals surface area (Å²) in [6, 6.07) is 76.7. The molecule has 13 rings (SSSR count). The van der Waals surface area contributed by atoms with Crippen LogP contribution < -0.4 is 0 Å². The van der Waals surface area contributed by atoms with Gasteiger partial charge in [0.25, 0.3) is 0 Å². The lowest BCUT2D eigenvalue weighted by Gasteiger charge is -2.30. The minimum Gasteiger partial charge on any atom is -0.309 e. The van der Waals surface area contributed by atoms with E-state index in [1.807, 2.05) is 0 Å². The van der Waals surface area contributed by atoms with E-state index in [1.165, 1.54) is 105 Å². The largest absolute Gasteiger partial charge is 0.309 e. The van der Waals surface area contributed by atoms with Gasteiger partial charge in [0.05, 0.1) is 27.5 Å². The summed E-state index contributed by atoms with van der Waals surface area (Å²) in [4.78, 5) is 0. The van der Waals surface area contributed by atoms with Crippen molar-refractivity contribution in [2.75, 3.05) is 0 Å². The Hall–Kier alpha value is -7.42. The Morgan fingerprint density at radius 3 is 1.26 bits per heavy atom. The van der Waals surface area contributed by atoms with Gasteiger partial charge in [-0.2, -0.15) is 0 Å². The Morgan fingerprint density at radius 1 is 0.263 bits per heavy atom. The molecule has 2 nitrogen and oxygen atoms in total. The van der Waals surface area contributed by atoms with Gasteiger partial charge in [0, 0.05) is 32.9 Å². The molecular weight excluding hydrogens is 689 g/mol. The number of hydrogen-bond acceptors (Lipinski definition) is 0. The minimum atomic E-state index is -0.398. The zero-order chi connectivity index (χ0) is 37.2. The zero-order valence-corrected chi connectivity index (χ0v) is 31.0. The van der Waals surface area contributed by atoms with Crippen LogP contribution in [0.1, 0.15) is 22.3 Å². The number of rotatable bonds is 3. The van der Waals surface area contributed by atoms with Crippen molar-refractivity contribution in [2.45, 2.75) is 5.41 Å². The topological polar surface area (TPSA) is 9.86 Å². The van der Waals surface area contributed by atoms with Crippen LogP contribution >= 0.6 is 0 Å². The van der Waals surface area contributed by atoms with E-state index in [-0.39, 0.29) is 0 Å². The molecule has 2 heterocycles. The molecule has 2 aromatic heterocycles. The number of para-hydroxylation sites is 3. The molecule has 11 aromatic rings. The van der Waals surface area contributed by atoms with Gasteiger partial charge in [0.2, 0.25) is 0 Å². The summed E-state index contributed by atoms with van der Waals surface area (Å²) in [7, 11) is 0. The van der Waals surface area contributed by atoms with Gasteiger partial charge in [0.1, 0.15) is 0 Å². The van der Waals surface area contributed by atoms with E-state index in [0.717, 1.165) is 5.69 Å². The van der Waals surface area contributed by atoms with E-state index in [2.05, 4.69) is 215 Å². The van der Waals surface area contributed by atoms with Crippen LogP contribution in [0.25, 0.3) is 88.4 Å². The first kappa shape index (κ1) is 30.9. The summed E-state index contributed by atoms with van der Waals surface area (Å²) in [5.41, 5.74) is 20.0. The molecule has 57 heavy (non-hydrogen) atoms. The van der Waals surface area contributed by atoms with Crippen molar-refractivity contribution in [2.24, 2.45) is 0 Å². The van der Waals surface area contributed by atoms with E-state index < -0.39 is 5.41 Å². The SMILES string of the molecule is c1ccc(-n2c3ccccc3c3cc(-c4ccc5c(c4)c4cc6c(cc4n5-c4ccccc4)C4(c5ccccc5-c5ccccc54)c4ccccc4-6)ccc32)cc1. The molecule has 1 spiro atoms. The molecule has 2 aliphatic carbocycles. The molecule has 0 bridgehead atoms. The first-order valence-corrected chi connectivity index (χ1v) is 19.9. The molecule has 9 aromatic carbocycles. The third-order valence-corrected chi connectivity index (χ3v) is 12.9. The fourth-order valence-corrected chi connectivity index (χ4v) is 10.6. The van der Waals surface area contributed by atoms with Crippen LogP contribution in [0.2, 0.25) is 0 Å². The second-order valence-corrected chi connectivity index (χ2v) is 15.6. The quantitative estimate of drug-likeness (QED) is 0.172. The monoisotopic (exact) mass is 722 g/mol. The Kier molecular flexibility index (Phi) is 6.13. The van der Waals surface area contributed by atoms with Crippen LogP contribution in [-0.4, -0.2) is 9.13 Å². The lowest BCUT2D eigenvalue weighted by atomic mass is 9.70. The summed E-state index contributed by atoms with van der Waals surface area (Å²) >= 11 is 0. The van der Waals surface area contributed by atoms with Crippen LogP contribution in [0.15, 0.2) is 206 Å². The van der Waals surface area contributed by atoms with E-state index in [0.29, 0.717) is 0 Å². The number of hydrogen-bond donors (Lipinski definition) is 0. The maximum atomic E-state index is 2.53. The predicted molar refractivity (Wildman–Crippen MR) is 237 cm³/mol. The van der Waals surface area contributed by atoms with Crippen molar-refractivity contribution in [1.82, 2.24) is 9.13 Å². The second-order valence-electron chi connectivity index (χ2n) is 15.6. The Balaban J connectivity index is 1.09. The molecule has 264 valence electrons. The first-order valence-electron chi connectivity index (χ1n) is 19.9. The summed E-state index contributed by atoms with van der Waals surface area (Å²) in [6.45, 7) is 0. The van der Waals surface area contributed by atoms with E-state index in [4.69, 9.17) is 0 Å². The lowest BCUT2D eigenvalue weighted by Crippen LogP contribution is -2.25. The van der Waals surface area contributed by atoms with Gasteiger partial charge in [-0.3, -0.25) is 0 Å². The second kappa shape index (κ2) is 11.3. The number of benzene rings is 9. The van der Waals surface area contributed by atoms with E-state index in [1.54, 1.807) is 0 Å². The first-order chi connectivity index (χ1) is 28.3. The van der Waals surface area contributed by atoms with Crippen molar-refractivity contribution < 1.29 is 0 Å². The third-order valence-electron chi connectivity index (χ3n) is 12.9. The molecule has 2 aliphatic rings. The number of fused-ring (bicyclic) bond motifs is 16. The van der Waals surface area contributed by atoms with Crippen LogP contribution in [0.4, 0.5) is 0 Å². The van der Waals surface area contributed by atoms with Crippen LogP contribution in [0, 0.1) is 0 Å². The molecule has 0 N–H and O–H groups in total. The molecule has 0 radical (unpaired) electrons. The summed E-state index contributed by atoms with van der Waals surface area (Å²) in [6.07, 6.45) is 0. The lowest BCUT2D eigenvalue weighted by molar-refractivity contribution is 0.794. The van der Waals surface area contributed by atoms with Crippen LogP contribution in [-0.2, 0) is 5.41 Å². The number of aromatic nitrogens is 2. The average Bonchev–Trinajstić information content (AvgIpc) is 3.98. The van der Waals surface area contributed by atoms with Gasteiger partial charge in [0.15, 0.2) is 0 Å². The Bertz CT molecular complexity index is 3410. The molecule has 0 unspecified atom stereocenters. The average molecular weight is 723 g/mol. The number of nitrogens with zero attached hydrogens (tertiary/aromatic N) is 2. The van der Waals surface area contributed by atoms with Crippen LogP contribution in [0.3, 0.4) is 0 Å². The van der Waals surface area contributed by atoms with E-state index in [9.17, 15) is 0 Å². The van der Waals surface area contributed by atoms with Gasteiger partial charge < -0.3 is 9.13 Å². The third kappa shape index (κ3) is 3.99. The molecule has 0 saturated carbocycles. The predicted octanol–water partition coefficient (Wildman–Crippen LogP) is 13.9. The maximum absolute atomic E-state index is 2.53. The van der Waals surface area contributed by atoms with Crippen molar-refractivity contribution >= 4 is 43.6 Å². The Labute approximate surface area is 330 Å². The fraction of sp³-hybridized carbons (Fsp3) is 0.0182. The van der Waals surface area contributed by atoms with Crippen LogP contribution in [0.5, 0.6) is 0 Å².